The number of nitrogens with zero attached hydrogens (tertiary/aromatic N) is 1. The van der Waals surface area contributed by atoms with Gasteiger partial charge in [-0.05, 0) is 48.4 Å². The van der Waals surface area contributed by atoms with Gasteiger partial charge in [0.15, 0.2) is 4.75 Å². The molecule has 1 saturated heterocycles. The van der Waals surface area contributed by atoms with E-state index in [9.17, 15) is 14.4 Å². The number of aryl methyl sites for hydroxylation is 1. The number of benzene rings is 2. The molecule has 3 unspecified atom stereocenters. The molecule has 1 fully saturated rings. The zero-order valence-corrected chi connectivity index (χ0v) is 20.1. The summed E-state index contributed by atoms with van der Waals surface area (Å²) >= 11 is 1.32. The average Bonchev–Trinajstić information content (AvgIpc) is 3.42. The number of urea groups is 1. The highest BCUT2D eigenvalue weighted by Crippen LogP contribution is 2.60. The van der Waals surface area contributed by atoms with Crippen molar-refractivity contribution in [2.45, 2.75) is 35.2 Å². The van der Waals surface area contributed by atoms with Crippen LogP contribution in [0, 0.1) is 6.92 Å². The number of rotatable bonds is 5. The molecule has 6 rings (SSSR count). The molecule has 9 nitrogen and oxygen atoms in total. The number of amides is 4. The summed E-state index contributed by atoms with van der Waals surface area (Å²) in [5.41, 5.74) is 2.98. The van der Waals surface area contributed by atoms with E-state index in [0.29, 0.717) is 28.8 Å². The molecule has 3 aromatic rings. The number of pyridine rings is 1. The average molecular weight is 502 g/mol. The molecule has 0 radical (unpaired) electrons. The van der Waals surface area contributed by atoms with E-state index in [0.717, 1.165) is 16.7 Å². The Hall–Kier alpha value is -4.05. The van der Waals surface area contributed by atoms with Gasteiger partial charge in [0.25, 0.3) is 0 Å². The van der Waals surface area contributed by atoms with Crippen molar-refractivity contribution in [3.63, 3.8) is 0 Å². The number of nitrogens with one attached hydrogen (secondary N) is 4. The number of hydrogen-bond acceptors (Lipinski definition) is 6. The van der Waals surface area contributed by atoms with Crippen LogP contribution >= 0.6 is 11.8 Å². The molecule has 2 aromatic carbocycles. The van der Waals surface area contributed by atoms with E-state index < -0.39 is 10.8 Å². The largest absolute Gasteiger partial charge is 0.457 e. The van der Waals surface area contributed by atoms with Gasteiger partial charge in [0.05, 0.1) is 17.8 Å². The lowest BCUT2D eigenvalue weighted by atomic mass is 9.82. The monoisotopic (exact) mass is 501 g/mol. The molecular formula is C26H23N5O4S. The Morgan fingerprint density at radius 3 is 2.72 bits per heavy atom. The van der Waals surface area contributed by atoms with Crippen molar-refractivity contribution in [3.8, 4) is 11.5 Å². The van der Waals surface area contributed by atoms with Crippen LogP contribution in [0.15, 0.2) is 65.8 Å². The molecule has 4 heterocycles. The first-order valence-corrected chi connectivity index (χ1v) is 12.4. The highest BCUT2D eigenvalue weighted by Gasteiger charge is 2.58. The zero-order valence-electron chi connectivity index (χ0n) is 19.3. The molecule has 0 spiro atoms. The number of thioether (sulfide) groups is 1. The van der Waals surface area contributed by atoms with Crippen LogP contribution in [0.2, 0.25) is 0 Å². The Labute approximate surface area is 211 Å². The number of hydrogen-bond donors (Lipinski definition) is 4. The Morgan fingerprint density at radius 1 is 1.14 bits per heavy atom. The van der Waals surface area contributed by atoms with Crippen molar-refractivity contribution >= 4 is 35.3 Å². The molecule has 36 heavy (non-hydrogen) atoms. The molecule has 10 heteroatoms. The van der Waals surface area contributed by atoms with Crippen LogP contribution in [0.25, 0.3) is 0 Å². The second-order valence-corrected chi connectivity index (χ2v) is 10.3. The van der Waals surface area contributed by atoms with E-state index in [-0.39, 0.29) is 30.3 Å². The molecule has 1 aromatic heterocycles. The number of carbonyl (C=O) groups excluding carboxylic acids is 3. The van der Waals surface area contributed by atoms with Crippen molar-refractivity contribution in [1.82, 2.24) is 20.9 Å². The third-order valence-electron chi connectivity index (χ3n) is 6.66. The molecule has 0 aliphatic carbocycles. The maximum absolute atomic E-state index is 14.1. The first-order chi connectivity index (χ1) is 17.4. The Kier molecular flexibility index (Phi) is 5.33. The fourth-order valence-corrected chi connectivity index (χ4v) is 6.59. The van der Waals surface area contributed by atoms with Crippen LogP contribution in [0.3, 0.4) is 0 Å². The first-order valence-electron chi connectivity index (χ1n) is 11.6. The lowest BCUT2D eigenvalue weighted by Gasteiger charge is -2.37. The lowest BCUT2D eigenvalue weighted by molar-refractivity contribution is -0.125. The van der Waals surface area contributed by atoms with Gasteiger partial charge in [0, 0.05) is 24.7 Å². The fraction of sp³-hybridized carbons (Fsp3) is 0.231. The summed E-state index contributed by atoms with van der Waals surface area (Å²) in [5.74, 6) is 0.953. The summed E-state index contributed by atoms with van der Waals surface area (Å²) in [7, 11) is 0. The summed E-state index contributed by atoms with van der Waals surface area (Å²) in [6.07, 6.45) is 1.84. The van der Waals surface area contributed by atoms with Crippen molar-refractivity contribution in [2.75, 3.05) is 11.9 Å². The van der Waals surface area contributed by atoms with E-state index in [1.54, 1.807) is 12.3 Å². The molecule has 3 atom stereocenters. The zero-order chi connectivity index (χ0) is 24.9. The highest BCUT2D eigenvalue weighted by molar-refractivity contribution is 8.01. The standard InChI is InChI=1S/C26H23N5O4S/c1-14-11-17(35-16-5-3-2-4-6-16)7-8-18(14)26(24(33)29-15-12-20(32)28-13-15)22-21-19(30-25(34)31-22)9-10-27-23(21)36-26/h2-11,15,22H,12-13H2,1H3,(H,28,32)(H,29,33)(H2,30,31,34). The summed E-state index contributed by atoms with van der Waals surface area (Å²) in [4.78, 5) is 43.1. The van der Waals surface area contributed by atoms with Gasteiger partial charge in [-0.1, -0.05) is 36.0 Å². The fourth-order valence-electron chi connectivity index (χ4n) is 5.05. The predicted octanol–water partition coefficient (Wildman–Crippen LogP) is 3.36. The van der Waals surface area contributed by atoms with E-state index in [2.05, 4.69) is 26.3 Å². The summed E-state index contributed by atoms with van der Waals surface area (Å²) in [5, 5.41) is 12.3. The normalized spacial score (nSPS) is 23.8. The summed E-state index contributed by atoms with van der Waals surface area (Å²) < 4.78 is 4.77. The number of aromatic nitrogens is 1. The minimum Gasteiger partial charge on any atom is -0.457 e. The van der Waals surface area contributed by atoms with E-state index >= 15 is 0 Å². The van der Waals surface area contributed by atoms with Gasteiger partial charge < -0.3 is 26.0 Å². The van der Waals surface area contributed by atoms with Crippen molar-refractivity contribution in [2.24, 2.45) is 0 Å². The minimum absolute atomic E-state index is 0.102. The van der Waals surface area contributed by atoms with Crippen LogP contribution in [-0.2, 0) is 14.3 Å². The minimum atomic E-state index is -1.23. The van der Waals surface area contributed by atoms with Crippen LogP contribution in [0.1, 0.15) is 29.2 Å². The topological polar surface area (TPSA) is 121 Å². The van der Waals surface area contributed by atoms with Gasteiger partial charge in [-0.15, -0.1) is 0 Å². The maximum Gasteiger partial charge on any atom is 0.319 e. The highest BCUT2D eigenvalue weighted by atomic mass is 32.2. The number of anilines is 1. The van der Waals surface area contributed by atoms with Gasteiger partial charge in [-0.3, -0.25) is 9.59 Å². The van der Waals surface area contributed by atoms with Crippen LogP contribution in [0.4, 0.5) is 10.5 Å². The third-order valence-corrected chi connectivity index (χ3v) is 8.14. The summed E-state index contributed by atoms with van der Waals surface area (Å²) in [6, 6.07) is 15.4. The number of carbonyl (C=O) groups is 3. The van der Waals surface area contributed by atoms with Crippen molar-refractivity contribution < 1.29 is 19.1 Å². The third kappa shape index (κ3) is 3.65. The Bertz CT molecular complexity index is 1400. The van der Waals surface area contributed by atoms with Gasteiger partial charge in [-0.25, -0.2) is 9.78 Å². The molecule has 182 valence electrons. The van der Waals surface area contributed by atoms with E-state index in [1.165, 1.54) is 11.8 Å². The van der Waals surface area contributed by atoms with Crippen LogP contribution in [-0.4, -0.2) is 35.4 Å². The van der Waals surface area contributed by atoms with Crippen LogP contribution in [0.5, 0.6) is 11.5 Å². The Balaban J connectivity index is 1.44. The first kappa shape index (κ1) is 22.4. The van der Waals surface area contributed by atoms with Gasteiger partial charge >= 0.3 is 6.03 Å². The van der Waals surface area contributed by atoms with Crippen molar-refractivity contribution in [1.29, 1.82) is 0 Å². The molecule has 3 aliphatic heterocycles. The summed E-state index contributed by atoms with van der Waals surface area (Å²) in [6.45, 7) is 2.28. The lowest BCUT2D eigenvalue weighted by Crippen LogP contribution is -2.54. The Morgan fingerprint density at radius 2 is 1.97 bits per heavy atom. The molecule has 0 saturated carbocycles. The molecule has 4 amide bonds. The number of para-hydroxylation sites is 1. The smallest absolute Gasteiger partial charge is 0.319 e. The van der Waals surface area contributed by atoms with Crippen molar-refractivity contribution in [3.05, 3.63) is 77.5 Å². The second kappa shape index (κ2) is 8.56. The van der Waals surface area contributed by atoms with Crippen LogP contribution < -0.4 is 26.0 Å². The van der Waals surface area contributed by atoms with Gasteiger partial charge in [0.1, 0.15) is 16.5 Å². The van der Waals surface area contributed by atoms with E-state index in [1.807, 2.05) is 55.5 Å². The molecule has 4 N–H and O–H groups in total. The van der Waals surface area contributed by atoms with Gasteiger partial charge in [0.2, 0.25) is 11.8 Å². The predicted molar refractivity (Wildman–Crippen MR) is 134 cm³/mol. The number of ether oxygens (including phenoxy) is 1. The van der Waals surface area contributed by atoms with Gasteiger partial charge in [-0.2, -0.15) is 0 Å². The van der Waals surface area contributed by atoms with E-state index in [4.69, 9.17) is 4.74 Å². The molecule has 0 bridgehead atoms. The molecular weight excluding hydrogens is 478 g/mol. The SMILES string of the molecule is Cc1cc(Oc2ccccc2)ccc1C1(C(=O)NC2CNC(=O)C2)Sc2nccc3c2C1NC(=O)N3. The quantitative estimate of drug-likeness (QED) is 0.425. The maximum atomic E-state index is 14.1. The second-order valence-electron chi connectivity index (χ2n) is 9.02. The molecule has 3 aliphatic rings.